The van der Waals surface area contributed by atoms with E-state index in [0.717, 1.165) is 16.9 Å². The summed E-state index contributed by atoms with van der Waals surface area (Å²) in [4.78, 5) is 20.1. The molecule has 0 fully saturated rings. The lowest BCUT2D eigenvalue weighted by atomic mass is 10.2. The van der Waals surface area contributed by atoms with Crippen LogP contribution >= 0.6 is 11.3 Å². The number of halogens is 1. The van der Waals surface area contributed by atoms with Gasteiger partial charge >= 0.3 is 0 Å². The molecule has 0 aliphatic carbocycles. The maximum Gasteiger partial charge on any atom is 0.262 e. The lowest BCUT2D eigenvalue weighted by Crippen LogP contribution is -2.10. The van der Waals surface area contributed by atoms with Crippen LogP contribution in [-0.4, -0.2) is 34.7 Å². The topological polar surface area (TPSA) is 101 Å². The van der Waals surface area contributed by atoms with Crippen LogP contribution < -0.4 is 19.9 Å². The number of hydrogen-bond donors (Lipinski definition) is 1. The molecule has 2 N–H and O–H groups in total. The van der Waals surface area contributed by atoms with Crippen molar-refractivity contribution in [1.82, 2.24) is 14.5 Å². The summed E-state index contributed by atoms with van der Waals surface area (Å²) in [5.74, 6) is 0.0867. The highest BCUT2D eigenvalue weighted by Crippen LogP contribution is 2.37. The second-order valence-electron chi connectivity index (χ2n) is 6.19. The highest BCUT2D eigenvalue weighted by molar-refractivity contribution is 7.16. The molecule has 3 heterocycles. The van der Waals surface area contributed by atoms with Crippen molar-refractivity contribution >= 4 is 28.3 Å². The van der Waals surface area contributed by atoms with E-state index in [-0.39, 0.29) is 22.8 Å². The van der Waals surface area contributed by atoms with Gasteiger partial charge in [-0.2, -0.15) is 4.39 Å². The lowest BCUT2D eigenvalue weighted by molar-refractivity contribution is 0.1000. The van der Waals surface area contributed by atoms with Crippen molar-refractivity contribution in [2.75, 3.05) is 14.2 Å². The van der Waals surface area contributed by atoms with Gasteiger partial charge in [0, 0.05) is 30.0 Å². The highest BCUT2D eigenvalue weighted by Gasteiger charge is 2.19. The number of carbonyl (C=O) groups excluding carboxylic acids is 1. The summed E-state index contributed by atoms with van der Waals surface area (Å²) in [6, 6.07) is 8.38. The van der Waals surface area contributed by atoms with Crippen LogP contribution in [0, 0.1) is 5.95 Å². The van der Waals surface area contributed by atoms with Crippen LogP contribution in [0.1, 0.15) is 15.2 Å². The van der Waals surface area contributed by atoms with Gasteiger partial charge in [-0.15, -0.1) is 11.3 Å². The molecule has 0 aliphatic rings. The fourth-order valence-electron chi connectivity index (χ4n) is 2.95. The molecule has 0 aliphatic heterocycles. The maximum absolute atomic E-state index is 13.8. The average molecular weight is 428 g/mol. The van der Waals surface area contributed by atoms with Crippen LogP contribution in [0.25, 0.3) is 16.0 Å². The number of pyridine rings is 1. The quantitative estimate of drug-likeness (QED) is 0.453. The first kappa shape index (κ1) is 19.6. The van der Waals surface area contributed by atoms with E-state index in [0.29, 0.717) is 22.0 Å². The largest absolute Gasteiger partial charge is 0.493 e. The number of hydrogen-bond acceptors (Lipinski definition) is 7. The van der Waals surface area contributed by atoms with Crippen LogP contribution in [0.2, 0.25) is 0 Å². The zero-order chi connectivity index (χ0) is 21.3. The Morgan fingerprint density at radius 2 is 1.93 bits per heavy atom. The Labute approximate surface area is 174 Å². The Morgan fingerprint density at radius 1 is 1.17 bits per heavy atom. The van der Waals surface area contributed by atoms with Crippen molar-refractivity contribution in [3.8, 4) is 22.2 Å². The molecule has 8 nitrogen and oxygen atoms in total. The van der Waals surface area contributed by atoms with Crippen molar-refractivity contribution in [3.63, 3.8) is 0 Å². The van der Waals surface area contributed by atoms with Gasteiger partial charge in [-0.25, -0.2) is 9.97 Å². The normalized spacial score (nSPS) is 10.9. The minimum Gasteiger partial charge on any atom is -0.493 e. The van der Waals surface area contributed by atoms with Gasteiger partial charge in [0.1, 0.15) is 28.6 Å². The third kappa shape index (κ3) is 3.52. The van der Waals surface area contributed by atoms with Crippen LogP contribution in [-0.2, 0) is 6.61 Å². The molecule has 0 atom stereocenters. The van der Waals surface area contributed by atoms with Gasteiger partial charge in [0.15, 0.2) is 11.5 Å². The summed E-state index contributed by atoms with van der Waals surface area (Å²) in [6.07, 6.45) is 2.97. The Morgan fingerprint density at radius 3 is 2.63 bits per heavy atom. The van der Waals surface area contributed by atoms with Crippen molar-refractivity contribution in [2.24, 2.45) is 5.73 Å². The predicted molar refractivity (Wildman–Crippen MR) is 109 cm³/mol. The van der Waals surface area contributed by atoms with Gasteiger partial charge in [-0.3, -0.25) is 9.36 Å². The fourth-order valence-corrected chi connectivity index (χ4v) is 3.89. The number of aromatic nitrogens is 3. The van der Waals surface area contributed by atoms with Gasteiger partial charge in [0.25, 0.3) is 5.91 Å². The molecule has 0 bridgehead atoms. The Kier molecular flexibility index (Phi) is 5.23. The number of nitrogens with zero attached hydrogens (tertiary/aromatic N) is 3. The third-order valence-corrected chi connectivity index (χ3v) is 5.55. The van der Waals surface area contributed by atoms with E-state index in [4.69, 9.17) is 19.9 Å². The number of ether oxygens (including phenoxy) is 3. The third-order valence-electron chi connectivity index (χ3n) is 4.42. The molecule has 30 heavy (non-hydrogen) atoms. The Hall–Kier alpha value is -3.66. The molecule has 0 saturated carbocycles. The van der Waals surface area contributed by atoms with E-state index in [1.807, 2.05) is 0 Å². The summed E-state index contributed by atoms with van der Waals surface area (Å²) in [5.41, 5.74) is 7.22. The molecule has 0 spiro atoms. The number of thiophene rings is 1. The average Bonchev–Trinajstić information content (AvgIpc) is 3.35. The molecule has 154 valence electrons. The lowest BCUT2D eigenvalue weighted by Gasteiger charge is -2.08. The van der Waals surface area contributed by atoms with Crippen molar-refractivity contribution in [3.05, 3.63) is 59.2 Å². The zero-order valence-electron chi connectivity index (χ0n) is 16.1. The number of carbonyl (C=O) groups is 1. The van der Waals surface area contributed by atoms with Gasteiger partial charge < -0.3 is 19.9 Å². The smallest absolute Gasteiger partial charge is 0.262 e. The van der Waals surface area contributed by atoms with E-state index in [1.54, 1.807) is 55.4 Å². The Balaban J connectivity index is 1.72. The van der Waals surface area contributed by atoms with E-state index in [9.17, 15) is 9.18 Å². The number of fused-ring (bicyclic) bond motifs is 1. The van der Waals surface area contributed by atoms with E-state index in [1.165, 1.54) is 6.20 Å². The molecular weight excluding hydrogens is 411 g/mol. The van der Waals surface area contributed by atoms with E-state index >= 15 is 0 Å². The predicted octanol–water partition coefficient (Wildman–Crippen LogP) is 3.32. The van der Waals surface area contributed by atoms with Gasteiger partial charge in [-0.05, 0) is 12.1 Å². The van der Waals surface area contributed by atoms with E-state index < -0.39 is 11.9 Å². The van der Waals surface area contributed by atoms with Gasteiger partial charge in [-0.1, -0.05) is 0 Å². The molecule has 3 aromatic heterocycles. The van der Waals surface area contributed by atoms with Crippen LogP contribution in [0.5, 0.6) is 17.2 Å². The number of primary amides is 1. The minimum atomic E-state index is -0.642. The highest BCUT2D eigenvalue weighted by atomic mass is 32.1. The van der Waals surface area contributed by atoms with Gasteiger partial charge in [0.05, 0.1) is 25.3 Å². The molecule has 1 aromatic carbocycles. The molecule has 0 unspecified atom stereocenters. The maximum atomic E-state index is 13.8. The molecule has 4 rings (SSSR count). The molecule has 0 radical (unpaired) electrons. The van der Waals surface area contributed by atoms with Crippen LogP contribution in [0.4, 0.5) is 4.39 Å². The van der Waals surface area contributed by atoms with Crippen LogP contribution in [0.15, 0.2) is 42.9 Å². The van der Waals surface area contributed by atoms with Crippen molar-refractivity contribution in [2.45, 2.75) is 6.61 Å². The minimum absolute atomic E-state index is 0.0914. The summed E-state index contributed by atoms with van der Waals surface area (Å²) in [7, 11) is 3.10. The second-order valence-corrected chi connectivity index (χ2v) is 7.23. The van der Waals surface area contributed by atoms with Gasteiger partial charge in [0.2, 0.25) is 5.95 Å². The first-order valence-corrected chi connectivity index (χ1v) is 9.58. The van der Waals surface area contributed by atoms with Crippen molar-refractivity contribution < 1.29 is 23.4 Å². The number of rotatable bonds is 7. The molecular formula is C20H17FN4O4S. The standard InChI is InChI=1S/C20H17FN4O4S/c1-27-14-6-12-13(7-15(14)28-2)25(10-24-12)17-8-16(18(30-17)20(22)26)29-9-11-4-3-5-23-19(11)21/h3-8,10H,9H2,1-2H3,(H2,22,26). The SMILES string of the molecule is COc1cc2ncn(-c3cc(OCc4cccnc4F)c(C(N)=O)s3)c2cc1OC. The summed E-state index contributed by atoms with van der Waals surface area (Å²) >= 11 is 1.14. The summed E-state index contributed by atoms with van der Waals surface area (Å²) < 4.78 is 31.9. The first-order chi connectivity index (χ1) is 14.5. The fraction of sp³-hybridized carbons (Fsp3) is 0.150. The number of imidazole rings is 1. The summed E-state index contributed by atoms with van der Waals surface area (Å²) in [5, 5.41) is 0.653. The Bertz CT molecular complexity index is 1240. The number of amides is 1. The molecule has 4 aromatic rings. The molecule has 10 heteroatoms. The zero-order valence-corrected chi connectivity index (χ0v) is 16.9. The number of benzene rings is 1. The second kappa shape index (κ2) is 7.99. The van der Waals surface area contributed by atoms with Crippen molar-refractivity contribution in [1.29, 1.82) is 0 Å². The first-order valence-electron chi connectivity index (χ1n) is 8.77. The van der Waals surface area contributed by atoms with Crippen LogP contribution in [0.3, 0.4) is 0 Å². The molecule has 0 saturated heterocycles. The number of nitrogens with two attached hydrogens (primary N) is 1. The molecule has 1 amide bonds. The number of methoxy groups -OCH3 is 2. The monoisotopic (exact) mass is 428 g/mol. The van der Waals surface area contributed by atoms with E-state index in [2.05, 4.69) is 9.97 Å². The summed E-state index contributed by atoms with van der Waals surface area (Å²) in [6.45, 7) is -0.0914.